The van der Waals surface area contributed by atoms with Crippen molar-refractivity contribution in [2.75, 3.05) is 7.11 Å². The molecule has 3 aromatic carbocycles. The van der Waals surface area contributed by atoms with Crippen molar-refractivity contribution in [3.05, 3.63) is 96.1 Å². The van der Waals surface area contributed by atoms with Crippen molar-refractivity contribution in [2.45, 2.75) is 51.6 Å². The van der Waals surface area contributed by atoms with Gasteiger partial charge in [0.2, 0.25) is 0 Å². The lowest BCUT2D eigenvalue weighted by Gasteiger charge is -2.28. The molecule has 1 nitrogen and oxygen atoms in total. The molecule has 0 aromatic heterocycles. The molecule has 3 aromatic rings. The summed E-state index contributed by atoms with van der Waals surface area (Å²) in [4.78, 5) is 0. The molecule has 160 valence electrons. The van der Waals surface area contributed by atoms with Crippen LogP contribution < -0.4 is 0 Å². The molecule has 1 aliphatic rings. The van der Waals surface area contributed by atoms with Crippen LogP contribution in [0.2, 0.25) is 0 Å². The second-order valence-electron chi connectivity index (χ2n) is 8.85. The fourth-order valence-corrected chi connectivity index (χ4v) is 4.82. The predicted molar refractivity (Wildman–Crippen MR) is 132 cm³/mol. The van der Waals surface area contributed by atoms with Gasteiger partial charge in [0, 0.05) is 7.11 Å². The van der Waals surface area contributed by atoms with Crippen molar-refractivity contribution >= 4 is 0 Å². The van der Waals surface area contributed by atoms with E-state index in [1.165, 1.54) is 65.5 Å². The first-order valence-electron chi connectivity index (χ1n) is 11.7. The largest absolute Gasteiger partial charge is 0.380 e. The summed E-state index contributed by atoms with van der Waals surface area (Å²) in [6.45, 7) is 2.79. The number of hydrogen-bond acceptors (Lipinski definition) is 1. The van der Waals surface area contributed by atoms with Crippen molar-refractivity contribution in [3.8, 4) is 22.3 Å². The molecule has 0 unspecified atom stereocenters. The van der Waals surface area contributed by atoms with Crippen LogP contribution in [0.3, 0.4) is 0 Å². The van der Waals surface area contributed by atoms with Gasteiger partial charge in [0.1, 0.15) is 0 Å². The molecule has 0 N–H and O–H groups in total. The van der Waals surface area contributed by atoms with Crippen LogP contribution in [0, 0.1) is 5.92 Å². The van der Waals surface area contributed by atoms with Crippen molar-refractivity contribution < 1.29 is 4.74 Å². The SMILES string of the molecule is C/C=C/C[C@H]1CC[C@H](c2ccc(-c3ccc(-c4ccc(COC)cc4)cc3)cc2)CC1. The van der Waals surface area contributed by atoms with Crippen molar-refractivity contribution in [3.63, 3.8) is 0 Å². The molecular weight excluding hydrogens is 376 g/mol. The first kappa shape index (κ1) is 21.6. The van der Waals surface area contributed by atoms with Crippen LogP contribution in [-0.4, -0.2) is 7.11 Å². The van der Waals surface area contributed by atoms with Gasteiger partial charge in [-0.3, -0.25) is 0 Å². The topological polar surface area (TPSA) is 9.23 Å². The number of ether oxygens (including phenoxy) is 1. The Labute approximate surface area is 187 Å². The van der Waals surface area contributed by atoms with Crippen molar-refractivity contribution in [1.82, 2.24) is 0 Å². The number of rotatable bonds is 7. The standard InChI is InChI=1S/C30H34O/c1-3-4-5-23-6-10-25(11-7-23)27-14-18-29(19-15-27)30-20-16-28(17-21-30)26-12-8-24(9-13-26)22-31-2/h3-4,8-9,12-21,23,25H,5-7,10-11,22H2,1-2H3/b4-3+/t23-,25-. The first-order chi connectivity index (χ1) is 15.3. The van der Waals surface area contributed by atoms with Gasteiger partial charge >= 0.3 is 0 Å². The molecule has 0 saturated heterocycles. The van der Waals surface area contributed by atoms with Crippen LogP contribution in [-0.2, 0) is 11.3 Å². The Balaban J connectivity index is 1.39. The highest BCUT2D eigenvalue weighted by atomic mass is 16.5. The summed E-state index contributed by atoms with van der Waals surface area (Å²) in [6.07, 6.45) is 11.2. The Morgan fingerprint density at radius 3 is 1.68 bits per heavy atom. The fourth-order valence-electron chi connectivity index (χ4n) is 4.82. The molecule has 0 radical (unpaired) electrons. The zero-order valence-electron chi connectivity index (χ0n) is 18.9. The van der Waals surface area contributed by atoms with E-state index in [9.17, 15) is 0 Å². The molecule has 0 heterocycles. The molecular formula is C30H34O. The molecule has 0 atom stereocenters. The number of benzene rings is 3. The van der Waals surface area contributed by atoms with Gasteiger partial charge in [-0.1, -0.05) is 84.9 Å². The molecule has 31 heavy (non-hydrogen) atoms. The van der Waals surface area contributed by atoms with Crippen molar-refractivity contribution in [1.29, 1.82) is 0 Å². The summed E-state index contributed by atoms with van der Waals surface area (Å²) in [5.74, 6) is 1.63. The average Bonchev–Trinajstić information content (AvgIpc) is 2.84. The van der Waals surface area contributed by atoms with Gasteiger partial charge in [0.25, 0.3) is 0 Å². The van der Waals surface area contributed by atoms with E-state index in [0.29, 0.717) is 6.61 Å². The summed E-state index contributed by atoms with van der Waals surface area (Å²) in [5.41, 5.74) is 7.79. The van der Waals surface area contributed by atoms with Crippen LogP contribution in [0.5, 0.6) is 0 Å². The van der Waals surface area contributed by atoms with Crippen LogP contribution in [0.1, 0.15) is 56.1 Å². The summed E-state index contributed by atoms with van der Waals surface area (Å²) >= 11 is 0. The third kappa shape index (κ3) is 5.54. The zero-order chi connectivity index (χ0) is 21.5. The highest BCUT2D eigenvalue weighted by Gasteiger charge is 2.21. The van der Waals surface area contributed by atoms with Crippen LogP contribution in [0.4, 0.5) is 0 Å². The first-order valence-corrected chi connectivity index (χ1v) is 11.7. The van der Waals surface area contributed by atoms with E-state index in [1.807, 2.05) is 0 Å². The minimum absolute atomic E-state index is 0.660. The average molecular weight is 411 g/mol. The van der Waals surface area contributed by atoms with Gasteiger partial charge in [-0.25, -0.2) is 0 Å². The summed E-state index contributed by atoms with van der Waals surface area (Å²) in [7, 11) is 1.73. The molecule has 0 amide bonds. The maximum absolute atomic E-state index is 5.20. The minimum Gasteiger partial charge on any atom is -0.380 e. The van der Waals surface area contributed by atoms with Gasteiger partial charge in [-0.05, 0) is 84.2 Å². The van der Waals surface area contributed by atoms with E-state index in [0.717, 1.165) is 11.8 Å². The molecule has 0 aliphatic heterocycles. The van der Waals surface area contributed by atoms with E-state index in [2.05, 4.69) is 91.9 Å². The predicted octanol–water partition coefficient (Wildman–Crippen LogP) is 8.41. The maximum atomic E-state index is 5.20. The lowest BCUT2D eigenvalue weighted by molar-refractivity contribution is 0.185. The quantitative estimate of drug-likeness (QED) is 0.355. The van der Waals surface area contributed by atoms with E-state index < -0.39 is 0 Å². The van der Waals surface area contributed by atoms with E-state index in [4.69, 9.17) is 4.74 Å². The Morgan fingerprint density at radius 1 is 0.710 bits per heavy atom. The molecule has 1 heteroatoms. The normalized spacial score (nSPS) is 19.0. The van der Waals surface area contributed by atoms with Crippen molar-refractivity contribution in [2.24, 2.45) is 5.92 Å². The van der Waals surface area contributed by atoms with Crippen LogP contribution in [0.15, 0.2) is 84.9 Å². The van der Waals surface area contributed by atoms with E-state index >= 15 is 0 Å². The Morgan fingerprint density at radius 2 is 1.19 bits per heavy atom. The lowest BCUT2D eigenvalue weighted by atomic mass is 9.77. The number of hydrogen-bond donors (Lipinski definition) is 0. The van der Waals surface area contributed by atoms with Gasteiger partial charge in [0.05, 0.1) is 6.61 Å². The molecule has 1 fully saturated rings. The second kappa shape index (κ2) is 10.6. The minimum atomic E-state index is 0.660. The summed E-state index contributed by atoms with van der Waals surface area (Å²) < 4.78 is 5.20. The molecule has 1 aliphatic carbocycles. The molecule has 0 bridgehead atoms. The Hall–Kier alpha value is -2.64. The second-order valence-corrected chi connectivity index (χ2v) is 8.85. The van der Waals surface area contributed by atoms with Gasteiger partial charge < -0.3 is 4.74 Å². The molecule has 4 rings (SSSR count). The fraction of sp³-hybridized carbons (Fsp3) is 0.333. The van der Waals surface area contributed by atoms with E-state index in [-0.39, 0.29) is 0 Å². The van der Waals surface area contributed by atoms with Gasteiger partial charge in [-0.2, -0.15) is 0 Å². The highest BCUT2D eigenvalue weighted by molar-refractivity contribution is 5.70. The van der Waals surface area contributed by atoms with Crippen LogP contribution >= 0.6 is 0 Å². The van der Waals surface area contributed by atoms with E-state index in [1.54, 1.807) is 7.11 Å². The highest BCUT2D eigenvalue weighted by Crippen LogP contribution is 2.38. The summed E-state index contributed by atoms with van der Waals surface area (Å²) in [6, 6.07) is 26.9. The Kier molecular flexibility index (Phi) is 7.38. The lowest BCUT2D eigenvalue weighted by Crippen LogP contribution is -2.12. The monoisotopic (exact) mass is 410 g/mol. The number of methoxy groups -OCH3 is 1. The smallest absolute Gasteiger partial charge is 0.0713 e. The van der Waals surface area contributed by atoms with Gasteiger partial charge in [0.15, 0.2) is 0 Å². The maximum Gasteiger partial charge on any atom is 0.0713 e. The molecule has 1 saturated carbocycles. The zero-order valence-corrected chi connectivity index (χ0v) is 18.9. The van der Waals surface area contributed by atoms with Crippen LogP contribution in [0.25, 0.3) is 22.3 Å². The Bertz CT molecular complexity index is 956. The molecule has 0 spiro atoms. The number of allylic oxidation sites excluding steroid dienone is 2. The van der Waals surface area contributed by atoms with Gasteiger partial charge in [-0.15, -0.1) is 0 Å². The third-order valence-electron chi connectivity index (χ3n) is 6.75. The third-order valence-corrected chi connectivity index (χ3v) is 6.75. The summed E-state index contributed by atoms with van der Waals surface area (Å²) in [5, 5.41) is 0.